The molecule has 1 fully saturated rings. The van der Waals surface area contributed by atoms with E-state index in [0.717, 1.165) is 35.1 Å². The van der Waals surface area contributed by atoms with Crippen LogP contribution < -0.4 is 18.9 Å². The Balaban J connectivity index is 1.05. The average molecular weight is 697 g/mol. The minimum Gasteiger partial charge on any atom is -0.491 e. The van der Waals surface area contributed by atoms with E-state index >= 15 is 0 Å². The van der Waals surface area contributed by atoms with E-state index in [1.54, 1.807) is 0 Å². The summed E-state index contributed by atoms with van der Waals surface area (Å²) in [6, 6.07) is 31.6. The quantitative estimate of drug-likeness (QED) is 0.0653. The monoisotopic (exact) mass is 696 g/mol. The molecule has 3 atom stereocenters. The molecule has 2 N–H and O–H groups in total. The number of aliphatic hydroxyl groups is 2. The van der Waals surface area contributed by atoms with Gasteiger partial charge in [0.25, 0.3) is 0 Å². The number of rotatable bonds is 19. The van der Waals surface area contributed by atoms with Crippen molar-refractivity contribution >= 4 is 5.97 Å². The van der Waals surface area contributed by atoms with Crippen molar-refractivity contribution in [3.63, 3.8) is 0 Å². The SMILES string of the molecule is C=CC(=O)OCC(O)COc1ccc(C(C)(C)c2ccc(OCC(O)COc3ccc(C(C)(C)c4ccc(OCC5CO5)cc4)cc3)cc2)cc1. The maximum atomic E-state index is 11.2. The highest BCUT2D eigenvalue weighted by Gasteiger charge is 2.26. The number of epoxide rings is 1. The molecular weight excluding hydrogens is 648 g/mol. The molecule has 1 aliphatic heterocycles. The summed E-state index contributed by atoms with van der Waals surface area (Å²) in [5.74, 6) is 2.17. The molecule has 1 aliphatic rings. The Kier molecular flexibility index (Phi) is 12.4. The molecule has 0 aromatic heterocycles. The minimum atomic E-state index is -0.945. The van der Waals surface area contributed by atoms with E-state index in [-0.39, 0.29) is 43.4 Å². The zero-order chi connectivity index (χ0) is 36.4. The first-order valence-electron chi connectivity index (χ1n) is 17.1. The number of benzene rings is 4. The molecule has 4 aromatic rings. The highest BCUT2D eigenvalue weighted by atomic mass is 16.6. The summed E-state index contributed by atoms with van der Waals surface area (Å²) < 4.78 is 33.2. The van der Waals surface area contributed by atoms with E-state index in [2.05, 4.69) is 58.5 Å². The Bertz CT molecular complexity index is 1690. The van der Waals surface area contributed by atoms with Crippen LogP contribution in [0.3, 0.4) is 0 Å². The van der Waals surface area contributed by atoms with Crippen LogP contribution in [0.25, 0.3) is 0 Å². The van der Waals surface area contributed by atoms with Gasteiger partial charge in [-0.3, -0.25) is 0 Å². The number of carbonyl (C=O) groups is 1. The van der Waals surface area contributed by atoms with Crippen LogP contribution in [0.5, 0.6) is 23.0 Å². The third-order valence-electron chi connectivity index (χ3n) is 9.05. The first-order valence-corrected chi connectivity index (χ1v) is 17.1. The molecule has 1 heterocycles. The van der Waals surface area contributed by atoms with E-state index in [1.807, 2.05) is 72.8 Å². The third-order valence-corrected chi connectivity index (χ3v) is 9.05. The lowest BCUT2D eigenvalue weighted by Crippen LogP contribution is -2.25. The summed E-state index contributed by atoms with van der Waals surface area (Å²) in [5.41, 5.74) is 3.97. The van der Waals surface area contributed by atoms with Crippen molar-refractivity contribution in [2.45, 2.75) is 56.8 Å². The van der Waals surface area contributed by atoms with Crippen LogP contribution in [0.15, 0.2) is 110 Å². The van der Waals surface area contributed by atoms with Gasteiger partial charge in [0.2, 0.25) is 0 Å². The van der Waals surface area contributed by atoms with Gasteiger partial charge in [-0.15, -0.1) is 0 Å². The highest BCUT2D eigenvalue weighted by molar-refractivity contribution is 5.81. The van der Waals surface area contributed by atoms with Crippen LogP contribution in [0.1, 0.15) is 49.9 Å². The van der Waals surface area contributed by atoms with Gasteiger partial charge in [0.15, 0.2) is 0 Å². The molecule has 9 heteroatoms. The van der Waals surface area contributed by atoms with Gasteiger partial charge in [-0.2, -0.15) is 0 Å². The zero-order valence-electron chi connectivity index (χ0n) is 29.7. The molecular formula is C42H48O9. The first kappa shape index (κ1) is 37.4. The van der Waals surface area contributed by atoms with Crippen molar-refractivity contribution in [1.29, 1.82) is 0 Å². The summed E-state index contributed by atoms with van der Waals surface area (Å²) in [4.78, 5) is 11.2. The van der Waals surface area contributed by atoms with Crippen molar-refractivity contribution < 1.29 is 43.4 Å². The number of ether oxygens (including phenoxy) is 6. The number of esters is 1. The molecule has 0 aliphatic carbocycles. The van der Waals surface area contributed by atoms with Gasteiger partial charge >= 0.3 is 5.97 Å². The van der Waals surface area contributed by atoms with Crippen molar-refractivity contribution in [2.24, 2.45) is 0 Å². The lowest BCUT2D eigenvalue weighted by Gasteiger charge is -2.27. The number of hydrogen-bond acceptors (Lipinski definition) is 9. The fourth-order valence-corrected chi connectivity index (χ4v) is 5.47. The van der Waals surface area contributed by atoms with Crippen molar-refractivity contribution in [3.8, 4) is 23.0 Å². The molecule has 4 aromatic carbocycles. The molecule has 5 rings (SSSR count). The van der Waals surface area contributed by atoms with Gasteiger partial charge in [-0.05, 0) is 70.8 Å². The summed E-state index contributed by atoms with van der Waals surface area (Å²) in [7, 11) is 0. The Labute approximate surface area is 300 Å². The second kappa shape index (κ2) is 16.9. The number of hydrogen-bond donors (Lipinski definition) is 2. The number of carbonyl (C=O) groups excluding carboxylic acids is 1. The third kappa shape index (κ3) is 10.6. The van der Waals surface area contributed by atoms with Gasteiger partial charge in [0.1, 0.15) is 74.3 Å². The molecule has 270 valence electrons. The summed E-state index contributed by atoms with van der Waals surface area (Å²) >= 11 is 0. The molecule has 0 spiro atoms. The molecule has 0 bridgehead atoms. The zero-order valence-corrected chi connectivity index (χ0v) is 29.7. The van der Waals surface area contributed by atoms with Crippen LogP contribution in [-0.4, -0.2) is 74.1 Å². The molecule has 1 saturated heterocycles. The Hall–Kier alpha value is -4.83. The second-order valence-corrected chi connectivity index (χ2v) is 13.7. The lowest BCUT2D eigenvalue weighted by molar-refractivity contribution is -0.141. The van der Waals surface area contributed by atoms with Gasteiger partial charge in [0.05, 0.1) is 6.61 Å². The standard InChI is InChI=1S/C42H48O9/c1-6-40(45)51-26-34(44)25-48-37-19-11-30(12-20-37)41(2,3)29-7-15-35(16-8-29)46-23-33(43)24-47-36-17-9-31(10-18-36)42(4,5)32-13-21-38(22-14-32)49-27-39-28-50-39/h6-22,33-34,39,43-44H,1,23-28H2,2-5H3. The first-order chi connectivity index (χ1) is 24.4. The van der Waals surface area contributed by atoms with Crippen LogP contribution in [0, 0.1) is 0 Å². The topological polar surface area (TPSA) is 116 Å². The highest BCUT2D eigenvalue weighted by Crippen LogP contribution is 2.35. The largest absolute Gasteiger partial charge is 0.491 e. The van der Waals surface area contributed by atoms with Crippen LogP contribution in [0.2, 0.25) is 0 Å². The fraction of sp³-hybridized carbons (Fsp3) is 0.357. The van der Waals surface area contributed by atoms with Crippen molar-refractivity contribution in [1.82, 2.24) is 0 Å². The van der Waals surface area contributed by atoms with Crippen LogP contribution >= 0.6 is 0 Å². The van der Waals surface area contributed by atoms with Crippen LogP contribution in [-0.2, 0) is 25.1 Å². The molecule has 0 saturated carbocycles. The molecule has 51 heavy (non-hydrogen) atoms. The average Bonchev–Trinajstić information content (AvgIpc) is 3.99. The smallest absolute Gasteiger partial charge is 0.330 e. The number of aliphatic hydroxyl groups excluding tert-OH is 2. The summed E-state index contributed by atoms with van der Waals surface area (Å²) in [6.07, 6.45) is -0.483. The molecule has 0 amide bonds. The lowest BCUT2D eigenvalue weighted by atomic mass is 9.78. The predicted molar refractivity (Wildman–Crippen MR) is 195 cm³/mol. The predicted octanol–water partition coefficient (Wildman–Crippen LogP) is 6.40. The summed E-state index contributed by atoms with van der Waals surface area (Å²) in [5, 5.41) is 20.5. The van der Waals surface area contributed by atoms with E-state index in [1.165, 1.54) is 5.56 Å². The van der Waals surface area contributed by atoms with Crippen molar-refractivity contribution in [3.05, 3.63) is 132 Å². The minimum absolute atomic E-state index is 0.00834. The van der Waals surface area contributed by atoms with E-state index in [0.29, 0.717) is 23.9 Å². The maximum absolute atomic E-state index is 11.2. The fourth-order valence-electron chi connectivity index (χ4n) is 5.47. The summed E-state index contributed by atoms with van der Waals surface area (Å²) in [6.45, 7) is 13.3. The van der Waals surface area contributed by atoms with Crippen LogP contribution in [0.4, 0.5) is 0 Å². The van der Waals surface area contributed by atoms with Gasteiger partial charge < -0.3 is 38.6 Å². The van der Waals surface area contributed by atoms with E-state index in [4.69, 9.17) is 28.4 Å². The maximum Gasteiger partial charge on any atom is 0.330 e. The molecule has 3 unspecified atom stereocenters. The second-order valence-electron chi connectivity index (χ2n) is 13.7. The van der Waals surface area contributed by atoms with Gasteiger partial charge in [0, 0.05) is 16.9 Å². The van der Waals surface area contributed by atoms with Gasteiger partial charge in [-0.1, -0.05) is 82.8 Å². The normalized spacial score (nSPS) is 15.3. The Morgan fingerprint density at radius 2 is 0.961 bits per heavy atom. The molecule has 0 radical (unpaired) electrons. The molecule has 9 nitrogen and oxygen atoms in total. The Morgan fingerprint density at radius 3 is 1.27 bits per heavy atom. The van der Waals surface area contributed by atoms with Crippen molar-refractivity contribution in [2.75, 3.05) is 39.6 Å². The van der Waals surface area contributed by atoms with Gasteiger partial charge in [-0.25, -0.2) is 4.79 Å². The van der Waals surface area contributed by atoms with E-state index < -0.39 is 18.2 Å². The van der Waals surface area contributed by atoms with E-state index in [9.17, 15) is 15.0 Å². The Morgan fingerprint density at radius 1 is 0.647 bits per heavy atom.